The molecule has 0 bridgehead atoms. The molecule has 1 rings (SSSR count). The molecule has 0 radical (unpaired) electrons. The van der Waals surface area contributed by atoms with Crippen LogP contribution in [0.5, 0.6) is 0 Å². The quantitative estimate of drug-likeness (QED) is 0.730. The molecule has 0 aliphatic carbocycles. The van der Waals surface area contributed by atoms with Crippen molar-refractivity contribution in [3.8, 4) is 6.07 Å². The van der Waals surface area contributed by atoms with Gasteiger partial charge in [0.05, 0.1) is 11.6 Å². The summed E-state index contributed by atoms with van der Waals surface area (Å²) < 4.78 is 0. The van der Waals surface area contributed by atoms with Gasteiger partial charge in [0.2, 0.25) is 0 Å². The number of hydrogen-bond acceptors (Lipinski definition) is 4. The van der Waals surface area contributed by atoms with E-state index < -0.39 is 0 Å². The van der Waals surface area contributed by atoms with E-state index in [9.17, 15) is 0 Å². The molecule has 0 aliphatic rings. The van der Waals surface area contributed by atoms with Crippen molar-refractivity contribution in [2.24, 2.45) is 0 Å². The highest BCUT2D eigenvalue weighted by Gasteiger charge is 2.01. The van der Waals surface area contributed by atoms with Gasteiger partial charge >= 0.3 is 0 Å². The number of hydrogen-bond donors (Lipinski definition) is 2. The van der Waals surface area contributed by atoms with E-state index in [-0.39, 0.29) is 0 Å². The second kappa shape index (κ2) is 8.30. The fourth-order valence-electron chi connectivity index (χ4n) is 1.73. The van der Waals surface area contributed by atoms with Gasteiger partial charge in [-0.15, -0.1) is 0 Å². The topological polar surface area (TPSA) is 51.1 Å². The highest BCUT2D eigenvalue weighted by Crippen LogP contribution is 2.12. The number of nitrogens with one attached hydrogen (secondary N) is 2. The molecule has 0 amide bonds. The summed E-state index contributed by atoms with van der Waals surface area (Å²) in [5, 5.41) is 15.4. The normalized spacial score (nSPS) is 11.4. The van der Waals surface area contributed by atoms with Crippen LogP contribution in [-0.2, 0) is 0 Å². The molecular formula is C15H22N4. The first-order chi connectivity index (χ1) is 9.21. The van der Waals surface area contributed by atoms with Crippen molar-refractivity contribution >= 4 is 5.70 Å². The molecule has 0 aromatic heterocycles. The lowest BCUT2D eigenvalue weighted by molar-refractivity contribution is 0.341. The van der Waals surface area contributed by atoms with Crippen LogP contribution in [-0.4, -0.2) is 38.8 Å². The zero-order chi connectivity index (χ0) is 14.1. The predicted molar refractivity (Wildman–Crippen MR) is 79.4 cm³/mol. The van der Waals surface area contributed by atoms with Crippen molar-refractivity contribution in [1.29, 1.82) is 5.26 Å². The van der Waals surface area contributed by atoms with E-state index in [2.05, 4.69) is 41.7 Å². The first-order valence-corrected chi connectivity index (χ1v) is 6.49. The first-order valence-electron chi connectivity index (χ1n) is 6.49. The van der Waals surface area contributed by atoms with Crippen LogP contribution in [0.25, 0.3) is 5.70 Å². The van der Waals surface area contributed by atoms with Crippen molar-refractivity contribution in [3.05, 3.63) is 41.5 Å². The van der Waals surface area contributed by atoms with Crippen LogP contribution in [0, 0.1) is 11.3 Å². The Morgan fingerprint density at radius 1 is 1.47 bits per heavy atom. The molecule has 2 N–H and O–H groups in total. The summed E-state index contributed by atoms with van der Waals surface area (Å²) in [6.07, 6.45) is 2.13. The maximum absolute atomic E-state index is 8.93. The molecule has 0 fully saturated rings. The van der Waals surface area contributed by atoms with Crippen molar-refractivity contribution in [2.75, 3.05) is 33.9 Å². The number of nitrogens with zero attached hydrogens (tertiary/aromatic N) is 2. The molecule has 0 heterocycles. The third kappa shape index (κ3) is 5.12. The monoisotopic (exact) mass is 258 g/mol. The Labute approximate surface area is 115 Å². The van der Waals surface area contributed by atoms with Gasteiger partial charge in [-0.2, -0.15) is 5.26 Å². The minimum absolute atomic E-state index is 0.680. The summed E-state index contributed by atoms with van der Waals surface area (Å²) in [6, 6.07) is 9.78. The standard InChI is InChI=1S/C15H22N4/c1-4-18-12-19(3)9-8-15(17-2)14-7-5-6-13(10-14)11-16/h5-8,10,17-18H,4,9,12H2,1-3H3/b15-8-. The van der Waals surface area contributed by atoms with E-state index in [1.54, 1.807) is 0 Å². The average Bonchev–Trinajstić information content (AvgIpc) is 2.46. The minimum atomic E-state index is 0.680. The fourth-order valence-corrected chi connectivity index (χ4v) is 1.73. The molecule has 1 aromatic rings. The lowest BCUT2D eigenvalue weighted by atomic mass is 10.1. The minimum Gasteiger partial charge on any atom is -0.388 e. The van der Waals surface area contributed by atoms with Gasteiger partial charge in [-0.3, -0.25) is 4.90 Å². The van der Waals surface area contributed by atoms with E-state index in [0.29, 0.717) is 5.56 Å². The maximum Gasteiger partial charge on any atom is 0.0991 e. The van der Waals surface area contributed by atoms with Crippen LogP contribution in [0.1, 0.15) is 18.1 Å². The van der Waals surface area contributed by atoms with Gasteiger partial charge in [-0.05, 0) is 37.4 Å². The molecule has 102 valence electrons. The fraction of sp³-hybridized carbons (Fsp3) is 0.400. The van der Waals surface area contributed by atoms with Gasteiger partial charge < -0.3 is 10.6 Å². The Balaban J connectivity index is 2.73. The van der Waals surface area contributed by atoms with Gasteiger partial charge in [-0.1, -0.05) is 19.1 Å². The molecule has 4 heteroatoms. The SMILES string of the molecule is CCNCN(C)C/C=C(\NC)c1cccc(C#N)c1. The molecule has 0 spiro atoms. The van der Waals surface area contributed by atoms with Gasteiger partial charge in [0, 0.05) is 26.0 Å². The van der Waals surface area contributed by atoms with Crippen LogP contribution in [0.3, 0.4) is 0 Å². The Hall–Kier alpha value is -1.83. The third-order valence-corrected chi connectivity index (χ3v) is 2.81. The maximum atomic E-state index is 8.93. The highest BCUT2D eigenvalue weighted by atomic mass is 15.2. The molecule has 0 saturated carbocycles. The van der Waals surface area contributed by atoms with Gasteiger partial charge in [-0.25, -0.2) is 0 Å². The van der Waals surface area contributed by atoms with Crippen molar-refractivity contribution < 1.29 is 0 Å². The number of rotatable bonds is 7. The molecular weight excluding hydrogens is 236 g/mol. The summed E-state index contributed by atoms with van der Waals surface area (Å²) in [5.41, 5.74) is 2.76. The number of nitriles is 1. The van der Waals surface area contributed by atoms with E-state index in [0.717, 1.165) is 31.0 Å². The summed E-state index contributed by atoms with van der Waals surface area (Å²) in [5.74, 6) is 0. The molecule has 0 unspecified atom stereocenters. The molecule has 1 aromatic carbocycles. The summed E-state index contributed by atoms with van der Waals surface area (Å²) in [4.78, 5) is 2.19. The van der Waals surface area contributed by atoms with Gasteiger partial charge in [0.1, 0.15) is 0 Å². The van der Waals surface area contributed by atoms with Crippen LogP contribution >= 0.6 is 0 Å². The lowest BCUT2D eigenvalue weighted by Gasteiger charge is -2.16. The van der Waals surface area contributed by atoms with E-state index >= 15 is 0 Å². The smallest absolute Gasteiger partial charge is 0.0991 e. The Morgan fingerprint density at radius 2 is 2.26 bits per heavy atom. The third-order valence-electron chi connectivity index (χ3n) is 2.81. The first kappa shape index (κ1) is 15.2. The predicted octanol–water partition coefficient (Wildman–Crippen LogP) is 1.62. The Morgan fingerprint density at radius 3 is 2.89 bits per heavy atom. The molecule has 0 saturated heterocycles. The van der Waals surface area contributed by atoms with Gasteiger partial charge in [0.25, 0.3) is 0 Å². The summed E-state index contributed by atoms with van der Waals surface area (Å²) in [6.45, 7) is 4.77. The Bertz CT molecular complexity index is 459. The zero-order valence-electron chi connectivity index (χ0n) is 11.9. The second-order valence-corrected chi connectivity index (χ2v) is 4.36. The average molecular weight is 258 g/mol. The van der Waals surface area contributed by atoms with Crippen LogP contribution < -0.4 is 10.6 Å². The highest BCUT2D eigenvalue weighted by molar-refractivity contribution is 5.65. The van der Waals surface area contributed by atoms with E-state index in [1.807, 2.05) is 31.3 Å². The number of likely N-dealkylation sites (N-methyl/N-ethyl adjacent to an activating group) is 1. The molecule has 0 aliphatic heterocycles. The summed E-state index contributed by atoms with van der Waals surface area (Å²) >= 11 is 0. The molecule has 4 nitrogen and oxygen atoms in total. The molecule has 0 atom stereocenters. The van der Waals surface area contributed by atoms with Crippen LogP contribution in [0.4, 0.5) is 0 Å². The van der Waals surface area contributed by atoms with Crippen molar-refractivity contribution in [2.45, 2.75) is 6.92 Å². The van der Waals surface area contributed by atoms with E-state index in [1.165, 1.54) is 0 Å². The zero-order valence-corrected chi connectivity index (χ0v) is 11.9. The van der Waals surface area contributed by atoms with Crippen molar-refractivity contribution in [1.82, 2.24) is 15.5 Å². The molecule has 19 heavy (non-hydrogen) atoms. The Kier molecular flexibility index (Phi) is 6.65. The van der Waals surface area contributed by atoms with Crippen LogP contribution in [0.15, 0.2) is 30.3 Å². The summed E-state index contributed by atoms with van der Waals surface area (Å²) in [7, 11) is 3.97. The van der Waals surface area contributed by atoms with Crippen LogP contribution in [0.2, 0.25) is 0 Å². The van der Waals surface area contributed by atoms with Crippen molar-refractivity contribution in [3.63, 3.8) is 0 Å². The van der Waals surface area contributed by atoms with Gasteiger partial charge in [0.15, 0.2) is 0 Å². The second-order valence-electron chi connectivity index (χ2n) is 4.36. The largest absolute Gasteiger partial charge is 0.388 e. The lowest BCUT2D eigenvalue weighted by Crippen LogP contribution is -2.31. The number of benzene rings is 1. The van der Waals surface area contributed by atoms with E-state index in [4.69, 9.17) is 5.26 Å².